The first-order valence-corrected chi connectivity index (χ1v) is 17.0. The number of anilines is 2. The van der Waals surface area contributed by atoms with Gasteiger partial charge in [0.25, 0.3) is 5.91 Å². The number of fused-ring (bicyclic) bond motifs is 5. The number of phenols is 1. The van der Waals surface area contributed by atoms with Crippen molar-refractivity contribution in [2.45, 2.75) is 81.1 Å². The summed E-state index contributed by atoms with van der Waals surface area (Å²) in [7, 11) is 0. The van der Waals surface area contributed by atoms with Crippen molar-refractivity contribution in [1.82, 2.24) is 20.2 Å². The molecule has 0 spiro atoms. The van der Waals surface area contributed by atoms with Gasteiger partial charge in [0.05, 0.1) is 5.69 Å². The van der Waals surface area contributed by atoms with Crippen LogP contribution in [0, 0.1) is 5.82 Å². The fourth-order valence-electron chi connectivity index (χ4n) is 8.53. The lowest BCUT2D eigenvalue weighted by molar-refractivity contribution is 0.0974. The number of aromatic hydroxyl groups is 1. The van der Waals surface area contributed by atoms with Gasteiger partial charge in [-0.15, -0.1) is 0 Å². The first kappa shape index (κ1) is 27.6. The van der Waals surface area contributed by atoms with Crippen molar-refractivity contribution in [2.75, 3.05) is 48.3 Å². The van der Waals surface area contributed by atoms with Gasteiger partial charge >= 0.3 is 0 Å². The smallest absolute Gasteiger partial charge is 0.277 e. The van der Waals surface area contributed by atoms with Crippen LogP contribution in [-0.4, -0.2) is 82.0 Å². The highest BCUT2D eigenvalue weighted by atomic mass is 32.2. The van der Waals surface area contributed by atoms with E-state index >= 15 is 0 Å². The van der Waals surface area contributed by atoms with Crippen LogP contribution in [0.25, 0.3) is 10.8 Å². The second-order valence-electron chi connectivity index (χ2n) is 13.1. The monoisotopic (exact) mass is 602 g/mol. The lowest BCUT2D eigenvalue weighted by Gasteiger charge is -2.37. The molecule has 0 radical (unpaired) electrons. The number of hydrogen-bond donors (Lipinski definition) is 2. The molecule has 0 saturated carbocycles. The van der Waals surface area contributed by atoms with Gasteiger partial charge in [-0.1, -0.05) is 24.8 Å². The van der Waals surface area contributed by atoms with E-state index in [9.17, 15) is 14.3 Å². The van der Waals surface area contributed by atoms with Crippen LogP contribution in [0.1, 0.15) is 67.1 Å². The first-order valence-electron chi connectivity index (χ1n) is 16.0. The highest BCUT2D eigenvalue weighted by Gasteiger charge is 2.44. The maximum Gasteiger partial charge on any atom is 0.277 e. The SMILES string of the molecule is CCc1c(F)ccc2cc(O)cc(N3CCc4c(nc(SCC56CCCN5CCC6)nc4N4C[C@H]5CC[C@@H](C4)N5)C3=O)c12. The molecule has 1 amide bonds. The van der Waals surface area contributed by atoms with Gasteiger partial charge in [-0.2, -0.15) is 0 Å². The van der Waals surface area contributed by atoms with E-state index in [-0.39, 0.29) is 23.0 Å². The Labute approximate surface area is 256 Å². The van der Waals surface area contributed by atoms with Gasteiger partial charge in [0, 0.05) is 60.0 Å². The summed E-state index contributed by atoms with van der Waals surface area (Å²) in [4.78, 5) is 31.3. The Hall–Kier alpha value is -2.95. The molecule has 5 aliphatic heterocycles. The summed E-state index contributed by atoms with van der Waals surface area (Å²) in [5.41, 5.74) is 2.68. The number of piperazine rings is 1. The average molecular weight is 603 g/mol. The van der Waals surface area contributed by atoms with Gasteiger partial charge in [-0.3, -0.25) is 9.69 Å². The number of nitrogens with zero attached hydrogens (tertiary/aromatic N) is 5. The van der Waals surface area contributed by atoms with Crippen LogP contribution in [0.15, 0.2) is 29.4 Å². The van der Waals surface area contributed by atoms with Crippen molar-refractivity contribution in [3.05, 3.63) is 46.9 Å². The van der Waals surface area contributed by atoms with Crippen molar-refractivity contribution in [1.29, 1.82) is 0 Å². The fourth-order valence-corrected chi connectivity index (χ4v) is 9.71. The number of carbonyl (C=O) groups is 1. The van der Waals surface area contributed by atoms with Crippen molar-refractivity contribution >= 4 is 39.9 Å². The fraction of sp³-hybridized carbons (Fsp3) is 0.545. The maximum atomic E-state index is 15.0. The van der Waals surface area contributed by atoms with Crippen molar-refractivity contribution in [3.8, 4) is 5.75 Å². The standard InChI is InChI=1S/C33H39FN6O2S/c1-2-24-26(34)8-5-20-15-23(41)16-27(28(20)24)40-14-9-25-29(31(40)42)36-32(43-19-33-10-3-12-39(33)13-4-11-33)37-30(25)38-17-21-6-7-22(18-38)35-21/h5,8,15-16,21-22,35,41H,2-4,6-7,9-14,17-19H2,1H3/t21-,22+. The highest BCUT2D eigenvalue weighted by molar-refractivity contribution is 7.99. The summed E-state index contributed by atoms with van der Waals surface area (Å²) in [6.45, 7) is 6.45. The van der Waals surface area contributed by atoms with E-state index in [1.807, 2.05) is 6.92 Å². The van der Waals surface area contributed by atoms with Crippen LogP contribution < -0.4 is 15.1 Å². The van der Waals surface area contributed by atoms with Crippen LogP contribution in [0.5, 0.6) is 5.75 Å². The van der Waals surface area contributed by atoms with E-state index in [1.165, 1.54) is 57.7 Å². The number of aromatic nitrogens is 2. The Morgan fingerprint density at radius 3 is 2.60 bits per heavy atom. The minimum absolute atomic E-state index is 0.0580. The van der Waals surface area contributed by atoms with Gasteiger partial charge in [0.1, 0.15) is 23.1 Å². The topological polar surface area (TPSA) is 84.8 Å². The molecule has 4 saturated heterocycles. The average Bonchev–Trinajstić information content (AvgIpc) is 3.69. The second kappa shape index (κ2) is 10.6. The highest BCUT2D eigenvalue weighted by Crippen LogP contribution is 2.43. The molecule has 8 rings (SSSR count). The molecule has 2 bridgehead atoms. The number of thioether (sulfide) groups is 1. The zero-order valence-electron chi connectivity index (χ0n) is 24.7. The number of carbonyl (C=O) groups excluding carboxylic acids is 1. The number of amides is 1. The van der Waals surface area contributed by atoms with Crippen LogP contribution in [0.3, 0.4) is 0 Å². The number of halogens is 1. The summed E-state index contributed by atoms with van der Waals surface area (Å²) in [5, 5.41) is 16.4. The van der Waals surface area contributed by atoms with Crippen LogP contribution in [0.4, 0.5) is 15.9 Å². The number of aryl methyl sites for hydroxylation is 1. The Morgan fingerprint density at radius 2 is 1.86 bits per heavy atom. The molecule has 2 aromatic carbocycles. The van der Waals surface area contributed by atoms with Crippen molar-refractivity contribution < 1.29 is 14.3 Å². The summed E-state index contributed by atoms with van der Waals surface area (Å²) < 4.78 is 15.0. The Kier molecular flexibility index (Phi) is 6.80. The third-order valence-electron chi connectivity index (χ3n) is 10.6. The zero-order chi connectivity index (χ0) is 29.3. The molecule has 43 heavy (non-hydrogen) atoms. The second-order valence-corrected chi connectivity index (χ2v) is 14.0. The molecule has 10 heteroatoms. The van der Waals surface area contributed by atoms with Gasteiger partial charge < -0.3 is 20.2 Å². The first-order chi connectivity index (χ1) is 20.9. The van der Waals surface area contributed by atoms with E-state index in [0.717, 1.165) is 35.6 Å². The van der Waals surface area contributed by atoms with Crippen LogP contribution in [0.2, 0.25) is 0 Å². The van der Waals surface area contributed by atoms with Crippen LogP contribution in [-0.2, 0) is 12.8 Å². The molecule has 2 atom stereocenters. The number of rotatable bonds is 6. The molecule has 3 aromatic rings. The summed E-state index contributed by atoms with van der Waals surface area (Å²) >= 11 is 1.70. The maximum absolute atomic E-state index is 15.0. The summed E-state index contributed by atoms with van der Waals surface area (Å²) in [6, 6.07) is 7.25. The Bertz CT molecular complexity index is 1590. The van der Waals surface area contributed by atoms with Crippen molar-refractivity contribution in [2.24, 2.45) is 0 Å². The molecule has 0 unspecified atom stereocenters. The van der Waals surface area contributed by atoms with Gasteiger partial charge in [0.15, 0.2) is 5.16 Å². The largest absolute Gasteiger partial charge is 0.508 e. The molecule has 226 valence electrons. The van der Waals surface area contributed by atoms with Gasteiger partial charge in [-0.05, 0) is 87.5 Å². The van der Waals surface area contributed by atoms with E-state index in [0.29, 0.717) is 59.0 Å². The van der Waals surface area contributed by atoms with Crippen molar-refractivity contribution in [3.63, 3.8) is 0 Å². The molecular formula is C33H39FN6O2S. The third kappa shape index (κ3) is 4.59. The number of hydrogen-bond acceptors (Lipinski definition) is 8. The number of nitrogens with one attached hydrogen (secondary N) is 1. The van der Waals surface area contributed by atoms with E-state index in [2.05, 4.69) is 15.1 Å². The molecule has 4 fully saturated rings. The minimum Gasteiger partial charge on any atom is -0.508 e. The predicted octanol–water partition coefficient (Wildman–Crippen LogP) is 4.90. The Morgan fingerprint density at radius 1 is 1.09 bits per heavy atom. The lowest BCUT2D eigenvalue weighted by atomic mass is 9.97. The van der Waals surface area contributed by atoms with Gasteiger partial charge in [-0.25, -0.2) is 14.4 Å². The third-order valence-corrected chi connectivity index (χ3v) is 11.7. The molecule has 6 heterocycles. The number of phenolic OH excluding ortho intramolecular Hbond substituents is 1. The minimum atomic E-state index is -0.296. The molecule has 2 N–H and O–H groups in total. The quantitative estimate of drug-likeness (QED) is 0.305. The van der Waals surface area contributed by atoms with E-state index in [1.54, 1.807) is 34.9 Å². The van der Waals surface area contributed by atoms with Gasteiger partial charge in [0.2, 0.25) is 0 Å². The Balaban J connectivity index is 1.20. The zero-order valence-corrected chi connectivity index (χ0v) is 25.6. The predicted molar refractivity (Wildman–Crippen MR) is 168 cm³/mol. The lowest BCUT2D eigenvalue weighted by Crippen LogP contribution is -2.52. The molecular weight excluding hydrogens is 563 g/mol. The molecule has 0 aliphatic carbocycles. The van der Waals surface area contributed by atoms with Crippen LogP contribution >= 0.6 is 11.8 Å². The summed E-state index contributed by atoms with van der Waals surface area (Å²) in [6.07, 6.45) is 8.34. The van der Waals surface area contributed by atoms with E-state index in [4.69, 9.17) is 9.97 Å². The van der Waals surface area contributed by atoms with E-state index < -0.39 is 0 Å². The normalized spacial score (nSPS) is 24.7. The molecule has 8 nitrogen and oxygen atoms in total. The number of benzene rings is 2. The summed E-state index contributed by atoms with van der Waals surface area (Å²) in [5.74, 6) is 1.40. The molecule has 5 aliphatic rings. The molecule has 1 aromatic heterocycles.